The van der Waals surface area contributed by atoms with Crippen LogP contribution in [0.5, 0.6) is 0 Å². The van der Waals surface area contributed by atoms with Crippen LogP contribution in [0.25, 0.3) is 0 Å². The Hall–Kier alpha value is -0.0500. The first-order valence-electron chi connectivity index (χ1n) is 3.26. The highest BCUT2D eigenvalue weighted by molar-refractivity contribution is 9.09. The lowest BCUT2D eigenvalue weighted by atomic mass is 9.90. The number of alkyl halides is 1. The van der Waals surface area contributed by atoms with Gasteiger partial charge in [0.15, 0.2) is 0 Å². The molecule has 0 fully saturated rings. The van der Waals surface area contributed by atoms with Crippen LogP contribution in [-0.2, 0) is 4.79 Å². The summed E-state index contributed by atoms with van der Waals surface area (Å²) in [5, 5.41) is 0. The summed E-state index contributed by atoms with van der Waals surface area (Å²) in [6.45, 7) is 6.19. The predicted molar refractivity (Wildman–Crippen MR) is 46.0 cm³/mol. The van der Waals surface area contributed by atoms with Crippen molar-refractivity contribution in [2.45, 2.75) is 32.0 Å². The molecule has 10 heavy (non-hydrogen) atoms. The zero-order valence-electron chi connectivity index (χ0n) is 6.65. The topological polar surface area (TPSA) is 43.1 Å². The number of carbonyl (C=O) groups is 1. The van der Waals surface area contributed by atoms with Crippen molar-refractivity contribution < 1.29 is 4.79 Å². The maximum Gasteiger partial charge on any atom is 0.218 e. The molecule has 0 bridgehead atoms. The Labute approximate surface area is 70.3 Å². The SMILES string of the molecule is CC(C)(C)C(Br)CC(N)=O. The molecule has 1 amide bonds. The smallest absolute Gasteiger partial charge is 0.218 e. The number of rotatable bonds is 2. The molecule has 0 aromatic heterocycles. The molecule has 60 valence electrons. The largest absolute Gasteiger partial charge is 0.370 e. The third kappa shape index (κ3) is 3.88. The fraction of sp³-hybridized carbons (Fsp3) is 0.857. The van der Waals surface area contributed by atoms with E-state index in [1.54, 1.807) is 0 Å². The molecule has 1 unspecified atom stereocenters. The second kappa shape index (κ2) is 3.37. The van der Waals surface area contributed by atoms with Gasteiger partial charge in [-0.2, -0.15) is 0 Å². The van der Waals surface area contributed by atoms with Gasteiger partial charge in [0.25, 0.3) is 0 Å². The summed E-state index contributed by atoms with van der Waals surface area (Å²) in [7, 11) is 0. The lowest BCUT2D eigenvalue weighted by molar-refractivity contribution is -0.118. The summed E-state index contributed by atoms with van der Waals surface area (Å²) >= 11 is 3.40. The van der Waals surface area contributed by atoms with Gasteiger partial charge >= 0.3 is 0 Å². The van der Waals surface area contributed by atoms with Crippen LogP contribution in [0, 0.1) is 5.41 Å². The van der Waals surface area contributed by atoms with E-state index in [4.69, 9.17) is 5.73 Å². The van der Waals surface area contributed by atoms with Gasteiger partial charge in [-0.25, -0.2) is 0 Å². The lowest BCUT2D eigenvalue weighted by Crippen LogP contribution is -2.26. The van der Waals surface area contributed by atoms with Crippen molar-refractivity contribution in [2.75, 3.05) is 0 Å². The Morgan fingerprint density at radius 1 is 1.60 bits per heavy atom. The minimum atomic E-state index is -0.253. The van der Waals surface area contributed by atoms with Gasteiger partial charge in [-0.1, -0.05) is 36.7 Å². The lowest BCUT2D eigenvalue weighted by Gasteiger charge is -2.23. The monoisotopic (exact) mass is 207 g/mol. The highest BCUT2D eigenvalue weighted by atomic mass is 79.9. The molecular weight excluding hydrogens is 194 g/mol. The van der Waals surface area contributed by atoms with Crippen molar-refractivity contribution in [1.82, 2.24) is 0 Å². The van der Waals surface area contributed by atoms with E-state index in [0.29, 0.717) is 6.42 Å². The van der Waals surface area contributed by atoms with Crippen molar-refractivity contribution in [3.05, 3.63) is 0 Å². The molecule has 0 radical (unpaired) electrons. The number of primary amides is 1. The van der Waals surface area contributed by atoms with Gasteiger partial charge in [-0.15, -0.1) is 0 Å². The van der Waals surface area contributed by atoms with Crippen molar-refractivity contribution in [1.29, 1.82) is 0 Å². The average molecular weight is 208 g/mol. The summed E-state index contributed by atoms with van der Waals surface area (Å²) in [5.41, 5.74) is 5.13. The molecule has 0 aromatic rings. The maximum absolute atomic E-state index is 10.4. The number of carbonyl (C=O) groups excluding carboxylic acids is 1. The zero-order chi connectivity index (χ0) is 8.36. The van der Waals surface area contributed by atoms with Crippen molar-refractivity contribution in [3.63, 3.8) is 0 Å². The van der Waals surface area contributed by atoms with Crippen LogP contribution < -0.4 is 5.73 Å². The van der Waals surface area contributed by atoms with E-state index in [1.807, 2.05) is 0 Å². The fourth-order valence-corrected chi connectivity index (χ4v) is 0.802. The van der Waals surface area contributed by atoms with Crippen molar-refractivity contribution in [3.8, 4) is 0 Å². The Bertz CT molecular complexity index is 128. The molecule has 0 heterocycles. The van der Waals surface area contributed by atoms with Gasteiger partial charge in [0.1, 0.15) is 0 Å². The van der Waals surface area contributed by atoms with E-state index >= 15 is 0 Å². The first-order valence-corrected chi connectivity index (χ1v) is 4.18. The Morgan fingerprint density at radius 2 is 2.00 bits per heavy atom. The van der Waals surface area contributed by atoms with Crippen LogP contribution in [-0.4, -0.2) is 10.7 Å². The minimum absolute atomic E-state index is 0.106. The van der Waals surface area contributed by atoms with Crippen LogP contribution >= 0.6 is 15.9 Å². The molecule has 0 saturated heterocycles. The van der Waals surface area contributed by atoms with Gasteiger partial charge in [0.05, 0.1) is 0 Å². The molecule has 0 spiro atoms. The summed E-state index contributed by atoms with van der Waals surface area (Å²) in [6, 6.07) is 0. The summed E-state index contributed by atoms with van der Waals surface area (Å²) < 4.78 is 0. The molecule has 2 N–H and O–H groups in total. The van der Waals surface area contributed by atoms with E-state index in [0.717, 1.165) is 0 Å². The summed E-state index contributed by atoms with van der Waals surface area (Å²) in [6.07, 6.45) is 0.406. The molecule has 0 aliphatic rings. The van der Waals surface area contributed by atoms with Crippen molar-refractivity contribution >= 4 is 21.8 Å². The number of hydrogen-bond donors (Lipinski definition) is 1. The van der Waals surface area contributed by atoms with E-state index in [-0.39, 0.29) is 16.1 Å². The first kappa shape index (κ1) is 9.95. The maximum atomic E-state index is 10.4. The standard InChI is InChI=1S/C7H14BrNO/c1-7(2,3)5(8)4-6(9)10/h5H,4H2,1-3H3,(H2,9,10). The minimum Gasteiger partial charge on any atom is -0.370 e. The highest BCUT2D eigenvalue weighted by Crippen LogP contribution is 2.27. The molecule has 0 aromatic carbocycles. The van der Waals surface area contributed by atoms with Crippen LogP contribution in [0.15, 0.2) is 0 Å². The van der Waals surface area contributed by atoms with Gasteiger partial charge in [0, 0.05) is 11.2 Å². The summed E-state index contributed by atoms with van der Waals surface area (Å²) in [5.74, 6) is -0.253. The first-order chi connectivity index (χ1) is 4.34. The van der Waals surface area contributed by atoms with E-state index < -0.39 is 0 Å². The van der Waals surface area contributed by atoms with E-state index in [2.05, 4.69) is 36.7 Å². The van der Waals surface area contributed by atoms with Crippen LogP contribution in [0.1, 0.15) is 27.2 Å². The van der Waals surface area contributed by atoms with Gasteiger partial charge in [-0.05, 0) is 5.41 Å². The second-order valence-corrected chi connectivity index (χ2v) is 4.61. The van der Waals surface area contributed by atoms with Gasteiger partial charge in [0.2, 0.25) is 5.91 Å². The third-order valence-corrected chi connectivity index (χ3v) is 3.02. The Kier molecular flexibility index (Phi) is 3.36. The zero-order valence-corrected chi connectivity index (χ0v) is 8.23. The van der Waals surface area contributed by atoms with Crippen LogP contribution in [0.2, 0.25) is 0 Å². The Balaban J connectivity index is 3.85. The molecule has 0 aliphatic heterocycles. The summed E-state index contributed by atoms with van der Waals surface area (Å²) in [4.78, 5) is 10.6. The number of hydrogen-bond acceptors (Lipinski definition) is 1. The fourth-order valence-electron chi connectivity index (χ4n) is 0.483. The molecule has 1 atom stereocenters. The molecular formula is C7H14BrNO. The molecule has 0 rings (SSSR count). The quantitative estimate of drug-likeness (QED) is 0.689. The number of halogens is 1. The molecule has 0 saturated carbocycles. The second-order valence-electron chi connectivity index (χ2n) is 3.50. The predicted octanol–water partition coefficient (Wildman–Crippen LogP) is 1.67. The number of amides is 1. The van der Waals surface area contributed by atoms with Gasteiger partial charge < -0.3 is 5.73 Å². The molecule has 3 heteroatoms. The molecule has 0 aliphatic carbocycles. The highest BCUT2D eigenvalue weighted by Gasteiger charge is 2.22. The van der Waals surface area contributed by atoms with Gasteiger partial charge in [-0.3, -0.25) is 4.79 Å². The van der Waals surface area contributed by atoms with E-state index in [1.165, 1.54) is 0 Å². The average Bonchev–Trinajstić information content (AvgIpc) is 1.60. The van der Waals surface area contributed by atoms with Crippen LogP contribution in [0.4, 0.5) is 0 Å². The molecule has 2 nitrogen and oxygen atoms in total. The van der Waals surface area contributed by atoms with Crippen molar-refractivity contribution in [2.24, 2.45) is 11.1 Å². The normalized spacial score (nSPS) is 14.8. The van der Waals surface area contributed by atoms with Crippen LogP contribution in [0.3, 0.4) is 0 Å². The Morgan fingerprint density at radius 3 is 2.10 bits per heavy atom. The third-order valence-electron chi connectivity index (χ3n) is 1.32. The van der Waals surface area contributed by atoms with E-state index in [9.17, 15) is 4.79 Å². The number of nitrogens with two attached hydrogens (primary N) is 1.